The zero-order chi connectivity index (χ0) is 17.5. The normalized spacial score (nSPS) is 10.0. The molecule has 0 saturated carbocycles. The summed E-state index contributed by atoms with van der Waals surface area (Å²) in [5.41, 5.74) is 0.698. The molecule has 2 rings (SSSR count). The van der Waals surface area contributed by atoms with Crippen LogP contribution >= 0.6 is 0 Å². The summed E-state index contributed by atoms with van der Waals surface area (Å²) in [5.74, 6) is 2.36. The van der Waals surface area contributed by atoms with Gasteiger partial charge >= 0.3 is 0 Å². The molecule has 0 radical (unpaired) electrons. The number of nitrogens with zero attached hydrogens (tertiary/aromatic N) is 2. The van der Waals surface area contributed by atoms with Crippen LogP contribution in [0, 0.1) is 0 Å². The van der Waals surface area contributed by atoms with Crippen LogP contribution in [0.4, 0.5) is 17.3 Å². The molecule has 0 aliphatic heterocycles. The molecule has 8 nitrogen and oxygen atoms in total. The van der Waals surface area contributed by atoms with Crippen LogP contribution in [0.25, 0.3) is 0 Å². The van der Waals surface area contributed by atoms with Crippen molar-refractivity contribution in [2.45, 2.75) is 13.3 Å². The molecule has 2 aromatic rings. The fourth-order valence-electron chi connectivity index (χ4n) is 2.00. The van der Waals surface area contributed by atoms with Gasteiger partial charge in [0.25, 0.3) is 0 Å². The number of benzene rings is 1. The van der Waals surface area contributed by atoms with E-state index in [0.29, 0.717) is 41.0 Å². The number of hydrogen-bond donors (Lipinski definition) is 2. The number of carbonyl (C=O) groups is 1. The Morgan fingerprint density at radius 1 is 1.00 bits per heavy atom. The third kappa shape index (κ3) is 4.03. The second-order valence-electron chi connectivity index (χ2n) is 4.74. The Balaban J connectivity index is 2.20. The van der Waals surface area contributed by atoms with Crippen LogP contribution in [0.1, 0.15) is 13.3 Å². The predicted octanol–water partition coefficient (Wildman–Crippen LogP) is 2.59. The van der Waals surface area contributed by atoms with Crippen molar-refractivity contribution in [1.82, 2.24) is 10.2 Å². The van der Waals surface area contributed by atoms with E-state index in [9.17, 15) is 4.79 Å². The van der Waals surface area contributed by atoms with Crippen molar-refractivity contribution in [3.63, 3.8) is 0 Å². The standard InChI is InChI=1S/C16H20N4O4/c1-5-15(21)18-14-7-6-13(19-20-14)17-10-8-11(22-2)16(24-4)12(9-10)23-3/h6-9H,5H2,1-4H3,(H,17,19)(H,18,20,21). The van der Waals surface area contributed by atoms with Crippen LogP contribution < -0.4 is 24.8 Å². The molecule has 24 heavy (non-hydrogen) atoms. The van der Waals surface area contributed by atoms with Crippen LogP contribution in [0.3, 0.4) is 0 Å². The first kappa shape index (κ1) is 17.3. The Hall–Kier alpha value is -3.03. The molecule has 2 N–H and O–H groups in total. The third-order valence-corrected chi connectivity index (χ3v) is 3.19. The summed E-state index contributed by atoms with van der Waals surface area (Å²) in [6.45, 7) is 1.77. The van der Waals surface area contributed by atoms with E-state index >= 15 is 0 Å². The Kier molecular flexibility index (Phi) is 5.78. The summed E-state index contributed by atoms with van der Waals surface area (Å²) in [7, 11) is 4.64. The molecule has 1 heterocycles. The smallest absolute Gasteiger partial charge is 0.225 e. The van der Waals surface area contributed by atoms with Gasteiger partial charge in [0.2, 0.25) is 11.7 Å². The van der Waals surface area contributed by atoms with E-state index in [1.165, 1.54) is 0 Å². The van der Waals surface area contributed by atoms with Crippen molar-refractivity contribution < 1.29 is 19.0 Å². The monoisotopic (exact) mass is 332 g/mol. The third-order valence-electron chi connectivity index (χ3n) is 3.19. The van der Waals surface area contributed by atoms with Gasteiger partial charge in [0, 0.05) is 24.2 Å². The highest BCUT2D eigenvalue weighted by molar-refractivity contribution is 5.89. The van der Waals surface area contributed by atoms with Gasteiger partial charge in [0.15, 0.2) is 23.1 Å². The van der Waals surface area contributed by atoms with Gasteiger partial charge in [-0.3, -0.25) is 4.79 Å². The lowest BCUT2D eigenvalue weighted by molar-refractivity contribution is -0.115. The van der Waals surface area contributed by atoms with Gasteiger partial charge in [-0.2, -0.15) is 0 Å². The SMILES string of the molecule is CCC(=O)Nc1ccc(Nc2cc(OC)c(OC)c(OC)c2)nn1. The highest BCUT2D eigenvalue weighted by Gasteiger charge is 2.13. The van der Waals surface area contributed by atoms with E-state index in [2.05, 4.69) is 20.8 Å². The molecular formula is C16H20N4O4. The molecule has 0 aliphatic carbocycles. The van der Waals surface area contributed by atoms with Gasteiger partial charge in [-0.1, -0.05) is 6.92 Å². The molecule has 8 heteroatoms. The molecule has 0 saturated heterocycles. The van der Waals surface area contributed by atoms with Crippen LogP contribution in [0.15, 0.2) is 24.3 Å². The van der Waals surface area contributed by atoms with Crippen LogP contribution in [0.2, 0.25) is 0 Å². The minimum absolute atomic E-state index is 0.116. The van der Waals surface area contributed by atoms with Gasteiger partial charge in [-0.25, -0.2) is 0 Å². The molecule has 0 aliphatic rings. The average Bonchev–Trinajstić information content (AvgIpc) is 2.62. The summed E-state index contributed by atoms with van der Waals surface area (Å²) >= 11 is 0. The van der Waals surface area contributed by atoms with Gasteiger partial charge in [0.05, 0.1) is 21.3 Å². The van der Waals surface area contributed by atoms with Gasteiger partial charge in [-0.15, -0.1) is 10.2 Å². The van der Waals surface area contributed by atoms with Crippen molar-refractivity contribution >= 4 is 23.2 Å². The summed E-state index contributed by atoms with van der Waals surface area (Å²) < 4.78 is 15.9. The minimum Gasteiger partial charge on any atom is -0.493 e. The molecular weight excluding hydrogens is 312 g/mol. The molecule has 1 amide bonds. The Morgan fingerprint density at radius 2 is 1.58 bits per heavy atom. The second kappa shape index (κ2) is 8.00. The van der Waals surface area contributed by atoms with Crippen molar-refractivity contribution in [2.75, 3.05) is 32.0 Å². The van der Waals surface area contributed by atoms with Crippen LogP contribution in [-0.2, 0) is 4.79 Å². The Morgan fingerprint density at radius 3 is 2.04 bits per heavy atom. The van der Waals surface area contributed by atoms with Crippen LogP contribution in [-0.4, -0.2) is 37.4 Å². The van der Waals surface area contributed by atoms with Crippen LogP contribution in [0.5, 0.6) is 17.2 Å². The molecule has 0 fully saturated rings. The molecule has 0 atom stereocenters. The van der Waals surface area contributed by atoms with Gasteiger partial charge in [0.1, 0.15) is 0 Å². The molecule has 0 spiro atoms. The lowest BCUT2D eigenvalue weighted by Gasteiger charge is -2.14. The number of amides is 1. The Labute approximate surface area is 140 Å². The van der Waals surface area contributed by atoms with E-state index in [1.807, 2.05) is 0 Å². The summed E-state index contributed by atoms with van der Waals surface area (Å²) in [4.78, 5) is 11.3. The number of methoxy groups -OCH3 is 3. The van der Waals surface area contributed by atoms with Crippen molar-refractivity contribution in [1.29, 1.82) is 0 Å². The molecule has 128 valence electrons. The lowest BCUT2D eigenvalue weighted by Crippen LogP contribution is -2.11. The van der Waals surface area contributed by atoms with E-state index in [4.69, 9.17) is 14.2 Å². The number of ether oxygens (including phenoxy) is 3. The molecule has 1 aromatic carbocycles. The summed E-state index contributed by atoms with van der Waals surface area (Å²) in [6.07, 6.45) is 0.382. The fraction of sp³-hybridized carbons (Fsp3) is 0.312. The maximum atomic E-state index is 11.3. The van der Waals surface area contributed by atoms with Gasteiger partial charge in [-0.05, 0) is 12.1 Å². The molecule has 0 bridgehead atoms. The summed E-state index contributed by atoms with van der Waals surface area (Å²) in [6, 6.07) is 6.90. The fourth-order valence-corrected chi connectivity index (χ4v) is 2.00. The zero-order valence-corrected chi connectivity index (χ0v) is 14.0. The highest BCUT2D eigenvalue weighted by Crippen LogP contribution is 2.40. The maximum absolute atomic E-state index is 11.3. The number of hydrogen-bond acceptors (Lipinski definition) is 7. The number of rotatable bonds is 7. The Bertz CT molecular complexity index is 679. The van der Waals surface area contributed by atoms with Crippen molar-refractivity contribution in [2.24, 2.45) is 0 Å². The number of anilines is 3. The minimum atomic E-state index is -0.116. The van der Waals surface area contributed by atoms with Crippen molar-refractivity contribution in [3.05, 3.63) is 24.3 Å². The average molecular weight is 332 g/mol. The second-order valence-corrected chi connectivity index (χ2v) is 4.74. The lowest BCUT2D eigenvalue weighted by atomic mass is 10.2. The first-order chi connectivity index (χ1) is 11.6. The number of carbonyl (C=O) groups excluding carboxylic acids is 1. The first-order valence-corrected chi connectivity index (χ1v) is 7.31. The largest absolute Gasteiger partial charge is 0.493 e. The molecule has 0 unspecified atom stereocenters. The topological polar surface area (TPSA) is 94.6 Å². The number of aromatic nitrogens is 2. The first-order valence-electron chi connectivity index (χ1n) is 7.31. The van der Waals surface area contributed by atoms with E-state index in [0.717, 1.165) is 0 Å². The van der Waals surface area contributed by atoms with Gasteiger partial charge < -0.3 is 24.8 Å². The molecule has 1 aromatic heterocycles. The zero-order valence-electron chi connectivity index (χ0n) is 14.0. The van der Waals surface area contributed by atoms with Crippen molar-refractivity contribution in [3.8, 4) is 17.2 Å². The quantitative estimate of drug-likeness (QED) is 0.804. The predicted molar refractivity (Wildman–Crippen MR) is 90.3 cm³/mol. The van der Waals surface area contributed by atoms with E-state index in [1.54, 1.807) is 52.5 Å². The van der Waals surface area contributed by atoms with E-state index in [-0.39, 0.29) is 5.91 Å². The maximum Gasteiger partial charge on any atom is 0.225 e. The summed E-state index contributed by atoms with van der Waals surface area (Å²) in [5, 5.41) is 13.7. The highest BCUT2D eigenvalue weighted by atomic mass is 16.5. The van der Waals surface area contributed by atoms with E-state index < -0.39 is 0 Å². The number of nitrogens with one attached hydrogen (secondary N) is 2.